The van der Waals surface area contributed by atoms with Gasteiger partial charge in [0.15, 0.2) is 0 Å². The Balaban J connectivity index is 1.98. The molecule has 4 heteroatoms. The van der Waals surface area contributed by atoms with E-state index < -0.39 is 0 Å². The highest BCUT2D eigenvalue weighted by Crippen LogP contribution is 2.19. The van der Waals surface area contributed by atoms with Crippen LogP contribution < -0.4 is 10.6 Å². The summed E-state index contributed by atoms with van der Waals surface area (Å²) in [7, 11) is 0. The quantitative estimate of drug-likeness (QED) is 0.884. The summed E-state index contributed by atoms with van der Waals surface area (Å²) in [5.74, 6) is 0.547. The Labute approximate surface area is 121 Å². The van der Waals surface area contributed by atoms with Crippen LogP contribution in [0.4, 0.5) is 5.69 Å². The van der Waals surface area contributed by atoms with Crippen molar-refractivity contribution in [2.45, 2.75) is 32.7 Å². The number of carbonyl (C=O) groups excluding carboxylic acids is 1. The third-order valence-corrected chi connectivity index (χ3v) is 3.90. The Morgan fingerprint density at radius 3 is 2.60 bits per heavy atom. The molecule has 20 heavy (non-hydrogen) atoms. The van der Waals surface area contributed by atoms with E-state index in [4.69, 9.17) is 0 Å². The molecule has 4 nitrogen and oxygen atoms in total. The monoisotopic (exact) mass is 275 g/mol. The van der Waals surface area contributed by atoms with Crippen LogP contribution in [-0.4, -0.2) is 43.0 Å². The minimum absolute atomic E-state index is 0.0767. The Bertz CT molecular complexity index is 453. The first-order chi connectivity index (χ1) is 9.58. The van der Waals surface area contributed by atoms with Crippen LogP contribution in [0.3, 0.4) is 0 Å². The van der Waals surface area contributed by atoms with Crippen LogP contribution in [0.25, 0.3) is 0 Å². The van der Waals surface area contributed by atoms with E-state index in [1.54, 1.807) is 0 Å². The van der Waals surface area contributed by atoms with E-state index in [-0.39, 0.29) is 11.9 Å². The first kappa shape index (κ1) is 15.0. The SMILES string of the molecule is CC(C)c1cccc(NC(=O)C(C)N2CCNCC2)c1. The van der Waals surface area contributed by atoms with Crippen molar-refractivity contribution >= 4 is 11.6 Å². The second-order valence-corrected chi connectivity index (χ2v) is 5.73. The molecule has 0 radical (unpaired) electrons. The third kappa shape index (κ3) is 3.81. The van der Waals surface area contributed by atoms with Gasteiger partial charge in [0, 0.05) is 31.9 Å². The average Bonchev–Trinajstić information content (AvgIpc) is 2.47. The number of anilines is 1. The molecule has 1 aliphatic heterocycles. The number of nitrogens with zero attached hydrogens (tertiary/aromatic N) is 1. The fraction of sp³-hybridized carbons (Fsp3) is 0.562. The van der Waals surface area contributed by atoms with Crippen LogP contribution in [0.1, 0.15) is 32.3 Å². The molecule has 1 amide bonds. The Hall–Kier alpha value is -1.39. The number of amides is 1. The summed E-state index contributed by atoms with van der Waals surface area (Å²) in [6.07, 6.45) is 0. The van der Waals surface area contributed by atoms with Gasteiger partial charge in [-0.3, -0.25) is 9.69 Å². The van der Waals surface area contributed by atoms with Gasteiger partial charge in [-0.05, 0) is 30.5 Å². The van der Waals surface area contributed by atoms with Crippen molar-refractivity contribution in [3.05, 3.63) is 29.8 Å². The summed E-state index contributed by atoms with van der Waals surface area (Å²) in [5.41, 5.74) is 2.14. The molecule has 2 rings (SSSR count). The van der Waals surface area contributed by atoms with E-state index in [1.165, 1.54) is 5.56 Å². The van der Waals surface area contributed by atoms with E-state index in [0.29, 0.717) is 5.92 Å². The zero-order valence-electron chi connectivity index (χ0n) is 12.6. The normalized spacial score (nSPS) is 18.0. The largest absolute Gasteiger partial charge is 0.325 e. The van der Waals surface area contributed by atoms with Gasteiger partial charge in [0.25, 0.3) is 0 Å². The molecule has 2 N–H and O–H groups in total. The lowest BCUT2D eigenvalue weighted by atomic mass is 10.0. The lowest BCUT2D eigenvalue weighted by Crippen LogP contribution is -2.51. The van der Waals surface area contributed by atoms with Crippen molar-refractivity contribution in [2.75, 3.05) is 31.5 Å². The molecular formula is C16H25N3O. The van der Waals surface area contributed by atoms with Crippen molar-refractivity contribution in [3.63, 3.8) is 0 Å². The second-order valence-electron chi connectivity index (χ2n) is 5.73. The molecule has 0 aliphatic carbocycles. The first-order valence-electron chi connectivity index (χ1n) is 7.43. The summed E-state index contributed by atoms with van der Waals surface area (Å²) in [6.45, 7) is 10.1. The number of hydrogen-bond acceptors (Lipinski definition) is 3. The highest BCUT2D eigenvalue weighted by Gasteiger charge is 2.22. The molecule has 1 heterocycles. The van der Waals surface area contributed by atoms with Gasteiger partial charge in [0.2, 0.25) is 5.91 Å². The van der Waals surface area contributed by atoms with Crippen molar-refractivity contribution in [1.29, 1.82) is 0 Å². The van der Waals surface area contributed by atoms with E-state index >= 15 is 0 Å². The highest BCUT2D eigenvalue weighted by molar-refractivity contribution is 5.94. The van der Waals surface area contributed by atoms with Crippen LogP contribution in [0.15, 0.2) is 24.3 Å². The Morgan fingerprint density at radius 2 is 1.95 bits per heavy atom. The maximum Gasteiger partial charge on any atom is 0.241 e. The molecule has 0 saturated carbocycles. The number of piperazine rings is 1. The molecule has 110 valence electrons. The Morgan fingerprint density at radius 1 is 1.25 bits per heavy atom. The van der Waals surface area contributed by atoms with Crippen LogP contribution in [-0.2, 0) is 4.79 Å². The molecule has 1 aromatic rings. The summed E-state index contributed by atoms with van der Waals surface area (Å²) in [4.78, 5) is 14.5. The molecular weight excluding hydrogens is 250 g/mol. The first-order valence-corrected chi connectivity index (χ1v) is 7.43. The fourth-order valence-corrected chi connectivity index (χ4v) is 2.46. The molecule has 1 fully saturated rings. The topological polar surface area (TPSA) is 44.4 Å². The van der Waals surface area contributed by atoms with Gasteiger partial charge in [0.1, 0.15) is 0 Å². The van der Waals surface area contributed by atoms with Crippen molar-refractivity contribution in [1.82, 2.24) is 10.2 Å². The number of nitrogens with one attached hydrogen (secondary N) is 2. The van der Waals surface area contributed by atoms with E-state index in [9.17, 15) is 4.79 Å². The molecule has 1 unspecified atom stereocenters. The number of benzene rings is 1. The molecule has 1 saturated heterocycles. The standard InChI is InChI=1S/C16H25N3O/c1-12(2)14-5-4-6-15(11-14)18-16(20)13(3)19-9-7-17-8-10-19/h4-6,11-13,17H,7-10H2,1-3H3,(H,18,20). The third-order valence-electron chi connectivity index (χ3n) is 3.90. The van der Waals surface area contributed by atoms with Crippen LogP contribution in [0.5, 0.6) is 0 Å². The van der Waals surface area contributed by atoms with Crippen molar-refractivity contribution in [2.24, 2.45) is 0 Å². The van der Waals surface area contributed by atoms with Gasteiger partial charge < -0.3 is 10.6 Å². The van der Waals surface area contributed by atoms with Gasteiger partial charge in [-0.2, -0.15) is 0 Å². The van der Waals surface area contributed by atoms with Gasteiger partial charge in [-0.15, -0.1) is 0 Å². The molecule has 0 bridgehead atoms. The Kier molecular flexibility index (Phi) is 5.15. The molecule has 1 atom stereocenters. The maximum atomic E-state index is 12.3. The minimum atomic E-state index is -0.0835. The summed E-state index contributed by atoms with van der Waals surface area (Å²) >= 11 is 0. The maximum absolute atomic E-state index is 12.3. The summed E-state index contributed by atoms with van der Waals surface area (Å²) in [5, 5.41) is 6.34. The van der Waals surface area contributed by atoms with E-state index in [1.807, 2.05) is 19.1 Å². The molecule has 0 aromatic heterocycles. The summed E-state index contributed by atoms with van der Waals surface area (Å²) < 4.78 is 0. The van der Waals surface area contributed by atoms with Crippen molar-refractivity contribution < 1.29 is 4.79 Å². The second kappa shape index (κ2) is 6.86. The lowest BCUT2D eigenvalue weighted by Gasteiger charge is -2.31. The number of rotatable bonds is 4. The molecule has 1 aliphatic rings. The fourth-order valence-electron chi connectivity index (χ4n) is 2.46. The van der Waals surface area contributed by atoms with Crippen molar-refractivity contribution in [3.8, 4) is 0 Å². The average molecular weight is 275 g/mol. The van der Waals surface area contributed by atoms with Gasteiger partial charge >= 0.3 is 0 Å². The lowest BCUT2D eigenvalue weighted by molar-refractivity contribution is -0.120. The molecule has 0 spiro atoms. The smallest absolute Gasteiger partial charge is 0.241 e. The van der Waals surface area contributed by atoms with E-state index in [0.717, 1.165) is 31.9 Å². The highest BCUT2D eigenvalue weighted by atomic mass is 16.2. The van der Waals surface area contributed by atoms with Crippen LogP contribution in [0.2, 0.25) is 0 Å². The van der Waals surface area contributed by atoms with Gasteiger partial charge in [-0.25, -0.2) is 0 Å². The van der Waals surface area contributed by atoms with Gasteiger partial charge in [-0.1, -0.05) is 26.0 Å². The minimum Gasteiger partial charge on any atom is -0.325 e. The molecule has 1 aromatic carbocycles. The van der Waals surface area contributed by atoms with E-state index in [2.05, 4.69) is 41.5 Å². The number of hydrogen-bond donors (Lipinski definition) is 2. The van der Waals surface area contributed by atoms with Crippen LogP contribution >= 0.6 is 0 Å². The van der Waals surface area contributed by atoms with Gasteiger partial charge in [0.05, 0.1) is 6.04 Å². The predicted octanol–water partition coefficient (Wildman–Crippen LogP) is 2.04. The number of carbonyl (C=O) groups is 1. The van der Waals surface area contributed by atoms with Crippen LogP contribution in [0, 0.1) is 0 Å². The zero-order valence-corrected chi connectivity index (χ0v) is 12.6. The predicted molar refractivity (Wildman–Crippen MR) is 83.1 cm³/mol. The zero-order chi connectivity index (χ0) is 14.5. The summed E-state index contributed by atoms with van der Waals surface area (Å²) in [6, 6.07) is 8.03.